The van der Waals surface area contributed by atoms with Crippen molar-refractivity contribution >= 4 is 38.5 Å². The molecule has 2 aromatic carbocycles. The summed E-state index contributed by atoms with van der Waals surface area (Å²) in [7, 11) is 0. The molecule has 3 aromatic rings. The first-order valence-corrected chi connectivity index (χ1v) is 7.74. The highest BCUT2D eigenvalue weighted by molar-refractivity contribution is 9.10. The molecule has 0 saturated heterocycles. The van der Waals surface area contributed by atoms with E-state index >= 15 is 0 Å². The van der Waals surface area contributed by atoms with E-state index in [9.17, 15) is 10.1 Å². The standard InChI is InChI=1S/C18H12BrN3O/c1-11-3-2-4-12(7-11)8-13(10-20)17-21-16-6-5-14(19)9-15(16)18(23)22-17/h2-9H,1H3,(H,21,22,23)/b13-8+. The van der Waals surface area contributed by atoms with Gasteiger partial charge in [-0.15, -0.1) is 0 Å². The van der Waals surface area contributed by atoms with Gasteiger partial charge < -0.3 is 4.98 Å². The minimum atomic E-state index is -0.267. The fourth-order valence-corrected chi connectivity index (χ4v) is 2.68. The summed E-state index contributed by atoms with van der Waals surface area (Å²) in [6, 6.07) is 15.2. The Morgan fingerprint density at radius 2 is 2.13 bits per heavy atom. The predicted octanol–water partition coefficient (Wildman–Crippen LogP) is 4.06. The summed E-state index contributed by atoms with van der Waals surface area (Å²) in [5.41, 5.74) is 2.59. The Morgan fingerprint density at radius 1 is 1.30 bits per heavy atom. The molecule has 112 valence electrons. The van der Waals surface area contributed by atoms with Crippen LogP contribution in [0.5, 0.6) is 0 Å². The van der Waals surface area contributed by atoms with Crippen molar-refractivity contribution in [1.82, 2.24) is 9.97 Å². The number of aryl methyl sites for hydroxylation is 1. The summed E-state index contributed by atoms with van der Waals surface area (Å²) < 4.78 is 0.806. The Morgan fingerprint density at radius 3 is 2.87 bits per heavy atom. The molecule has 0 saturated carbocycles. The third-order valence-electron chi connectivity index (χ3n) is 3.40. The number of halogens is 1. The van der Waals surface area contributed by atoms with E-state index in [1.165, 1.54) is 0 Å². The van der Waals surface area contributed by atoms with Gasteiger partial charge in [0.15, 0.2) is 5.82 Å². The largest absolute Gasteiger partial charge is 0.305 e. The van der Waals surface area contributed by atoms with Crippen molar-refractivity contribution in [3.05, 3.63) is 74.2 Å². The van der Waals surface area contributed by atoms with Gasteiger partial charge in [0, 0.05) is 4.47 Å². The van der Waals surface area contributed by atoms with Crippen LogP contribution < -0.4 is 5.56 Å². The zero-order chi connectivity index (χ0) is 16.4. The number of H-pyrrole nitrogens is 1. The molecular weight excluding hydrogens is 354 g/mol. The van der Waals surface area contributed by atoms with Gasteiger partial charge in [-0.25, -0.2) is 4.98 Å². The maximum atomic E-state index is 12.2. The van der Waals surface area contributed by atoms with Crippen molar-refractivity contribution in [2.24, 2.45) is 0 Å². The Balaban J connectivity index is 2.16. The number of aromatic nitrogens is 2. The van der Waals surface area contributed by atoms with Crippen molar-refractivity contribution in [1.29, 1.82) is 5.26 Å². The second-order valence-corrected chi connectivity index (χ2v) is 6.08. The maximum absolute atomic E-state index is 12.2. The predicted molar refractivity (Wildman–Crippen MR) is 94.7 cm³/mol. The minimum absolute atomic E-state index is 0.267. The normalized spacial score (nSPS) is 11.4. The second kappa shape index (κ2) is 6.19. The highest BCUT2D eigenvalue weighted by Crippen LogP contribution is 2.19. The van der Waals surface area contributed by atoms with Crippen molar-refractivity contribution < 1.29 is 0 Å². The monoisotopic (exact) mass is 365 g/mol. The van der Waals surface area contributed by atoms with Crippen LogP contribution in [0, 0.1) is 18.3 Å². The van der Waals surface area contributed by atoms with E-state index in [0.29, 0.717) is 16.5 Å². The number of nitriles is 1. The first-order chi connectivity index (χ1) is 11.1. The number of nitrogens with zero attached hydrogens (tertiary/aromatic N) is 2. The summed E-state index contributed by atoms with van der Waals surface area (Å²) in [6.07, 6.45) is 1.72. The molecule has 1 aromatic heterocycles. The van der Waals surface area contributed by atoms with Crippen LogP contribution in [-0.2, 0) is 0 Å². The number of allylic oxidation sites excluding steroid dienone is 1. The molecule has 0 atom stereocenters. The number of fused-ring (bicyclic) bond motifs is 1. The van der Waals surface area contributed by atoms with E-state index in [1.807, 2.05) is 37.3 Å². The van der Waals surface area contributed by atoms with Gasteiger partial charge in [-0.2, -0.15) is 5.26 Å². The fraction of sp³-hybridized carbons (Fsp3) is 0.0556. The number of hydrogen-bond donors (Lipinski definition) is 1. The van der Waals surface area contributed by atoms with Crippen LogP contribution in [0.25, 0.3) is 22.6 Å². The van der Waals surface area contributed by atoms with Gasteiger partial charge in [-0.3, -0.25) is 4.79 Å². The lowest BCUT2D eigenvalue weighted by Crippen LogP contribution is -2.11. The quantitative estimate of drug-likeness (QED) is 0.696. The van der Waals surface area contributed by atoms with Gasteiger partial charge in [0.2, 0.25) is 0 Å². The van der Waals surface area contributed by atoms with Crippen molar-refractivity contribution in [2.45, 2.75) is 6.92 Å². The molecule has 0 spiro atoms. The molecule has 0 aliphatic carbocycles. The van der Waals surface area contributed by atoms with Crippen LogP contribution in [0.3, 0.4) is 0 Å². The van der Waals surface area contributed by atoms with E-state index < -0.39 is 0 Å². The van der Waals surface area contributed by atoms with Crippen LogP contribution in [-0.4, -0.2) is 9.97 Å². The zero-order valence-corrected chi connectivity index (χ0v) is 13.9. The molecule has 1 heterocycles. The average molecular weight is 366 g/mol. The summed E-state index contributed by atoms with van der Waals surface area (Å²) in [6.45, 7) is 1.98. The molecule has 1 N–H and O–H groups in total. The van der Waals surface area contributed by atoms with Crippen molar-refractivity contribution in [2.75, 3.05) is 0 Å². The molecule has 0 radical (unpaired) electrons. The zero-order valence-electron chi connectivity index (χ0n) is 12.3. The summed E-state index contributed by atoms with van der Waals surface area (Å²) in [5, 5.41) is 9.91. The molecule has 0 amide bonds. The van der Waals surface area contributed by atoms with E-state index in [0.717, 1.165) is 15.6 Å². The van der Waals surface area contributed by atoms with Crippen molar-refractivity contribution in [3.63, 3.8) is 0 Å². The van der Waals surface area contributed by atoms with Crippen LogP contribution in [0.2, 0.25) is 0 Å². The maximum Gasteiger partial charge on any atom is 0.259 e. The number of rotatable bonds is 2. The molecule has 0 fully saturated rings. The Bertz CT molecular complexity index is 1030. The lowest BCUT2D eigenvalue weighted by molar-refractivity contribution is 1.13. The fourth-order valence-electron chi connectivity index (χ4n) is 2.32. The Kier molecular flexibility index (Phi) is 4.09. The molecule has 0 aliphatic rings. The SMILES string of the molecule is Cc1cccc(/C=C(\C#N)c2nc3ccc(Br)cc3c(=O)[nH]2)c1. The first-order valence-electron chi connectivity index (χ1n) is 6.95. The second-order valence-electron chi connectivity index (χ2n) is 5.16. The Hall–Kier alpha value is -2.71. The third-order valence-corrected chi connectivity index (χ3v) is 3.89. The first kappa shape index (κ1) is 15.2. The highest BCUT2D eigenvalue weighted by Gasteiger charge is 2.08. The summed E-state index contributed by atoms with van der Waals surface area (Å²) >= 11 is 3.33. The number of hydrogen-bond acceptors (Lipinski definition) is 3. The van der Waals surface area contributed by atoms with E-state index in [2.05, 4.69) is 32.0 Å². The minimum Gasteiger partial charge on any atom is -0.305 e. The van der Waals surface area contributed by atoms with Gasteiger partial charge in [0.05, 0.1) is 16.5 Å². The van der Waals surface area contributed by atoms with Crippen LogP contribution in [0.1, 0.15) is 17.0 Å². The average Bonchev–Trinajstić information content (AvgIpc) is 2.53. The van der Waals surface area contributed by atoms with E-state index in [1.54, 1.807) is 18.2 Å². The summed E-state index contributed by atoms with van der Waals surface area (Å²) in [4.78, 5) is 19.3. The van der Waals surface area contributed by atoms with E-state index in [4.69, 9.17) is 0 Å². The van der Waals surface area contributed by atoms with E-state index in [-0.39, 0.29) is 11.4 Å². The molecule has 0 unspecified atom stereocenters. The third kappa shape index (κ3) is 3.22. The lowest BCUT2D eigenvalue weighted by atomic mass is 10.1. The van der Waals surface area contributed by atoms with Crippen LogP contribution in [0.4, 0.5) is 0 Å². The molecule has 4 nitrogen and oxygen atoms in total. The molecular formula is C18H12BrN3O. The molecule has 23 heavy (non-hydrogen) atoms. The van der Waals surface area contributed by atoms with Gasteiger partial charge in [-0.1, -0.05) is 45.8 Å². The molecule has 5 heteroatoms. The van der Waals surface area contributed by atoms with Crippen molar-refractivity contribution in [3.8, 4) is 6.07 Å². The van der Waals surface area contributed by atoms with Crippen LogP contribution >= 0.6 is 15.9 Å². The number of aromatic amines is 1. The summed E-state index contributed by atoms with van der Waals surface area (Å²) in [5.74, 6) is 0.272. The molecule has 0 aliphatic heterocycles. The Labute approximate surface area is 141 Å². The van der Waals surface area contributed by atoms with Gasteiger partial charge in [0.25, 0.3) is 5.56 Å². The molecule has 0 bridgehead atoms. The smallest absolute Gasteiger partial charge is 0.259 e. The number of nitrogens with one attached hydrogen (secondary N) is 1. The van der Waals surface area contributed by atoms with Gasteiger partial charge in [-0.05, 0) is 36.8 Å². The lowest BCUT2D eigenvalue weighted by Gasteiger charge is -2.03. The molecule has 3 rings (SSSR count). The highest BCUT2D eigenvalue weighted by atomic mass is 79.9. The van der Waals surface area contributed by atoms with Gasteiger partial charge >= 0.3 is 0 Å². The number of benzene rings is 2. The van der Waals surface area contributed by atoms with Gasteiger partial charge in [0.1, 0.15) is 6.07 Å². The topological polar surface area (TPSA) is 69.5 Å². The van der Waals surface area contributed by atoms with Crippen LogP contribution in [0.15, 0.2) is 51.7 Å².